The van der Waals surface area contributed by atoms with E-state index in [9.17, 15) is 19.2 Å². The van der Waals surface area contributed by atoms with Gasteiger partial charge in [-0.25, -0.2) is 4.79 Å². The SMILES string of the molecule is CCC(C)C(NC(=O)OCc1ccc(Cl)cc1)C(=O)NC1(C(=O)NCC(C)CCC(N)=O)CCc2[nH]c3c(Cl)cc(Cl)cc3c2C1. The summed E-state index contributed by atoms with van der Waals surface area (Å²) < 4.78 is 5.40. The first-order valence-corrected chi connectivity index (χ1v) is 16.5. The Hall–Kier alpha value is -3.47. The number of nitrogens with two attached hydrogens (primary N) is 1. The highest BCUT2D eigenvalue weighted by molar-refractivity contribution is 6.38. The van der Waals surface area contributed by atoms with E-state index in [2.05, 4.69) is 20.9 Å². The van der Waals surface area contributed by atoms with Gasteiger partial charge in [-0.3, -0.25) is 14.4 Å². The predicted molar refractivity (Wildman–Crippen MR) is 180 cm³/mol. The molecule has 46 heavy (non-hydrogen) atoms. The lowest BCUT2D eigenvalue weighted by molar-refractivity contribution is -0.135. The molecule has 13 heteroatoms. The summed E-state index contributed by atoms with van der Waals surface area (Å²) in [6.45, 7) is 5.95. The monoisotopic (exact) mass is 691 g/mol. The Morgan fingerprint density at radius 1 is 1.07 bits per heavy atom. The quantitative estimate of drug-likeness (QED) is 0.152. The second kappa shape index (κ2) is 15.4. The van der Waals surface area contributed by atoms with Crippen LogP contribution in [0.25, 0.3) is 10.9 Å². The number of nitrogens with one attached hydrogen (secondary N) is 4. The first-order valence-electron chi connectivity index (χ1n) is 15.4. The molecule has 6 N–H and O–H groups in total. The van der Waals surface area contributed by atoms with E-state index in [4.69, 9.17) is 45.3 Å². The number of rotatable bonds is 13. The number of carbonyl (C=O) groups excluding carboxylic acids is 4. The Bertz CT molecular complexity index is 1590. The summed E-state index contributed by atoms with van der Waals surface area (Å²) in [5.41, 5.74) is 7.15. The molecule has 4 rings (SSSR count). The van der Waals surface area contributed by atoms with Crippen LogP contribution in [0.4, 0.5) is 4.79 Å². The van der Waals surface area contributed by atoms with Crippen molar-refractivity contribution in [3.8, 4) is 0 Å². The van der Waals surface area contributed by atoms with Crippen LogP contribution in [0.3, 0.4) is 0 Å². The molecule has 4 atom stereocenters. The number of carbonyl (C=O) groups is 4. The van der Waals surface area contributed by atoms with Gasteiger partial charge in [-0.2, -0.15) is 0 Å². The summed E-state index contributed by atoms with van der Waals surface area (Å²) in [5.74, 6) is -1.59. The van der Waals surface area contributed by atoms with Crippen molar-refractivity contribution in [1.82, 2.24) is 20.9 Å². The number of benzene rings is 2. The van der Waals surface area contributed by atoms with Gasteiger partial charge in [0.2, 0.25) is 17.7 Å². The van der Waals surface area contributed by atoms with Crippen molar-refractivity contribution >= 4 is 69.5 Å². The molecule has 0 fully saturated rings. The van der Waals surface area contributed by atoms with Crippen LogP contribution in [-0.4, -0.2) is 46.9 Å². The lowest BCUT2D eigenvalue weighted by atomic mass is 9.78. The van der Waals surface area contributed by atoms with Crippen LogP contribution in [0.1, 0.15) is 63.3 Å². The lowest BCUT2D eigenvalue weighted by Gasteiger charge is -2.38. The zero-order chi connectivity index (χ0) is 33.6. The number of fused-ring (bicyclic) bond motifs is 3. The van der Waals surface area contributed by atoms with Gasteiger partial charge >= 0.3 is 6.09 Å². The number of ether oxygens (including phenoxy) is 1. The number of halogens is 3. The third-order valence-electron chi connectivity index (χ3n) is 8.64. The van der Waals surface area contributed by atoms with Gasteiger partial charge in [0.1, 0.15) is 18.2 Å². The van der Waals surface area contributed by atoms with E-state index in [1.807, 2.05) is 20.8 Å². The number of aromatic amines is 1. The number of amides is 4. The van der Waals surface area contributed by atoms with Crippen LogP contribution in [-0.2, 0) is 38.6 Å². The molecule has 1 heterocycles. The average Bonchev–Trinajstić information content (AvgIpc) is 3.38. The summed E-state index contributed by atoms with van der Waals surface area (Å²) >= 11 is 18.8. The van der Waals surface area contributed by atoms with E-state index in [0.717, 1.165) is 22.2 Å². The number of H-pyrrole nitrogens is 1. The van der Waals surface area contributed by atoms with Gasteiger partial charge in [0.25, 0.3) is 0 Å². The van der Waals surface area contributed by atoms with E-state index in [1.165, 1.54) is 0 Å². The minimum absolute atomic E-state index is 0.00735. The standard InChI is InChI=1S/C33H40Cl3N5O5/c1-4-19(3)28(40-32(45)46-17-20-6-8-21(34)9-7-20)30(43)41-33(31(44)38-16-18(2)5-10-27(37)42)12-11-26-24(15-33)23-13-22(35)14-25(36)29(23)39-26/h6-9,13-14,18-19,28,39H,4-5,10-12,15-17H2,1-3H3,(H2,37,42)(H,38,44)(H,40,45)(H,41,43). The van der Waals surface area contributed by atoms with Crippen molar-refractivity contribution in [2.24, 2.45) is 17.6 Å². The molecule has 3 aromatic rings. The maximum atomic E-state index is 14.1. The molecule has 4 amide bonds. The number of primary amides is 1. The highest BCUT2D eigenvalue weighted by atomic mass is 35.5. The molecule has 10 nitrogen and oxygen atoms in total. The van der Waals surface area contributed by atoms with E-state index < -0.39 is 29.5 Å². The molecule has 0 spiro atoms. The van der Waals surface area contributed by atoms with Gasteiger partial charge in [-0.05, 0) is 66.5 Å². The molecule has 0 bridgehead atoms. The zero-order valence-electron chi connectivity index (χ0n) is 26.1. The first kappa shape index (κ1) is 35.4. The molecule has 1 aliphatic carbocycles. The largest absolute Gasteiger partial charge is 0.445 e. The summed E-state index contributed by atoms with van der Waals surface area (Å²) in [5, 5.41) is 11.0. The molecule has 0 aliphatic heterocycles. The Labute approximate surface area is 283 Å². The third kappa shape index (κ3) is 8.66. The second-order valence-electron chi connectivity index (χ2n) is 12.2. The summed E-state index contributed by atoms with van der Waals surface area (Å²) in [7, 11) is 0. The van der Waals surface area contributed by atoms with Gasteiger partial charge in [-0.15, -0.1) is 0 Å². The second-order valence-corrected chi connectivity index (χ2v) is 13.5. The molecule has 0 radical (unpaired) electrons. The number of hydrogen-bond donors (Lipinski definition) is 5. The highest BCUT2D eigenvalue weighted by Gasteiger charge is 2.45. The van der Waals surface area contributed by atoms with Crippen LogP contribution >= 0.6 is 34.8 Å². The van der Waals surface area contributed by atoms with Gasteiger partial charge in [-0.1, -0.05) is 74.1 Å². The smallest absolute Gasteiger partial charge is 0.408 e. The average molecular weight is 693 g/mol. The van der Waals surface area contributed by atoms with Crippen LogP contribution in [0.15, 0.2) is 36.4 Å². The minimum Gasteiger partial charge on any atom is -0.445 e. The first-order chi connectivity index (χ1) is 21.8. The number of hydrogen-bond acceptors (Lipinski definition) is 5. The molecule has 1 aromatic heterocycles. The fraction of sp³-hybridized carbons (Fsp3) is 0.455. The number of alkyl carbamates (subject to hydrolysis) is 1. The van der Waals surface area contributed by atoms with Crippen molar-refractivity contribution in [3.05, 3.63) is 68.3 Å². The Balaban J connectivity index is 1.58. The summed E-state index contributed by atoms with van der Waals surface area (Å²) in [6.07, 6.45) is 1.44. The van der Waals surface area contributed by atoms with Gasteiger partial charge in [0, 0.05) is 40.5 Å². The molecule has 2 aromatic carbocycles. The maximum absolute atomic E-state index is 14.1. The van der Waals surface area contributed by atoms with Crippen LogP contribution < -0.4 is 21.7 Å². The van der Waals surface area contributed by atoms with Gasteiger partial charge in [0.05, 0.1) is 10.5 Å². The van der Waals surface area contributed by atoms with E-state index >= 15 is 0 Å². The zero-order valence-corrected chi connectivity index (χ0v) is 28.4. The molecule has 1 aliphatic rings. The predicted octanol–water partition coefficient (Wildman–Crippen LogP) is 5.83. The number of aromatic nitrogens is 1. The van der Waals surface area contributed by atoms with E-state index in [-0.39, 0.29) is 43.7 Å². The van der Waals surface area contributed by atoms with Crippen LogP contribution in [0.5, 0.6) is 0 Å². The molecular formula is C33H40Cl3N5O5. The fourth-order valence-corrected chi connectivity index (χ4v) is 6.34. The fourth-order valence-electron chi connectivity index (χ4n) is 5.67. The lowest BCUT2D eigenvalue weighted by Crippen LogP contribution is -2.65. The Morgan fingerprint density at radius 2 is 1.78 bits per heavy atom. The normalized spacial score (nSPS) is 17.8. The summed E-state index contributed by atoms with van der Waals surface area (Å²) in [4.78, 5) is 55.6. The molecular weight excluding hydrogens is 653 g/mol. The summed E-state index contributed by atoms with van der Waals surface area (Å²) in [6, 6.07) is 9.35. The van der Waals surface area contributed by atoms with Crippen molar-refractivity contribution < 1.29 is 23.9 Å². The number of aryl methyl sites for hydroxylation is 1. The topological polar surface area (TPSA) is 155 Å². The maximum Gasteiger partial charge on any atom is 0.408 e. The molecule has 248 valence electrons. The van der Waals surface area contributed by atoms with Crippen molar-refractivity contribution in [1.29, 1.82) is 0 Å². The van der Waals surface area contributed by atoms with Crippen LogP contribution in [0, 0.1) is 11.8 Å². The minimum atomic E-state index is -1.35. The van der Waals surface area contributed by atoms with E-state index in [0.29, 0.717) is 46.3 Å². The van der Waals surface area contributed by atoms with E-state index in [1.54, 1.807) is 36.4 Å². The Kier molecular flexibility index (Phi) is 11.9. The molecule has 0 saturated carbocycles. The Morgan fingerprint density at radius 3 is 2.46 bits per heavy atom. The van der Waals surface area contributed by atoms with Gasteiger partial charge in [0.15, 0.2) is 0 Å². The highest BCUT2D eigenvalue weighted by Crippen LogP contribution is 2.38. The van der Waals surface area contributed by atoms with Crippen molar-refractivity contribution in [2.75, 3.05) is 6.54 Å². The van der Waals surface area contributed by atoms with Gasteiger partial charge < -0.3 is 31.4 Å². The van der Waals surface area contributed by atoms with Crippen molar-refractivity contribution in [3.63, 3.8) is 0 Å². The molecule has 4 unspecified atom stereocenters. The third-order valence-corrected chi connectivity index (χ3v) is 9.41. The molecule has 0 saturated heterocycles. The van der Waals surface area contributed by atoms with Crippen LogP contribution in [0.2, 0.25) is 15.1 Å². The van der Waals surface area contributed by atoms with Crippen molar-refractivity contribution in [2.45, 2.75) is 77.5 Å².